The minimum atomic E-state index is -0.319. The molecule has 0 saturated carbocycles. The number of benzene rings is 2. The van der Waals surface area contributed by atoms with Crippen molar-refractivity contribution < 1.29 is 9.53 Å². The third-order valence-corrected chi connectivity index (χ3v) is 4.66. The Balaban J connectivity index is 2.04. The van der Waals surface area contributed by atoms with Crippen molar-refractivity contribution in [1.29, 1.82) is 5.26 Å². The van der Waals surface area contributed by atoms with Gasteiger partial charge in [-0.05, 0) is 60.1 Å². The van der Waals surface area contributed by atoms with E-state index in [9.17, 15) is 10.1 Å². The molecule has 0 radical (unpaired) electrons. The molecule has 0 spiro atoms. The van der Waals surface area contributed by atoms with Crippen LogP contribution < -0.4 is 0 Å². The van der Waals surface area contributed by atoms with Gasteiger partial charge in [-0.3, -0.25) is 0 Å². The van der Waals surface area contributed by atoms with E-state index >= 15 is 0 Å². The van der Waals surface area contributed by atoms with E-state index in [0.717, 1.165) is 24.0 Å². The van der Waals surface area contributed by atoms with E-state index in [4.69, 9.17) is 4.74 Å². The van der Waals surface area contributed by atoms with Crippen molar-refractivity contribution in [1.82, 2.24) is 0 Å². The van der Waals surface area contributed by atoms with Gasteiger partial charge in [-0.15, -0.1) is 0 Å². The fourth-order valence-corrected chi connectivity index (χ4v) is 3.37. The Morgan fingerprint density at radius 3 is 2.42 bits per heavy atom. The van der Waals surface area contributed by atoms with Gasteiger partial charge in [-0.25, -0.2) is 4.79 Å². The minimum absolute atomic E-state index is 0.0843. The van der Waals surface area contributed by atoms with Gasteiger partial charge in [-0.1, -0.05) is 36.4 Å². The Hall–Kier alpha value is -2.86. The summed E-state index contributed by atoms with van der Waals surface area (Å²) in [4.78, 5) is 12.4. The molecule has 0 atom stereocenters. The summed E-state index contributed by atoms with van der Waals surface area (Å²) in [5, 5.41) is 9.36. The van der Waals surface area contributed by atoms with Crippen molar-refractivity contribution in [2.24, 2.45) is 5.92 Å². The molecule has 3 heteroatoms. The topological polar surface area (TPSA) is 50.1 Å². The molecule has 0 saturated heterocycles. The molecule has 0 N–H and O–H groups in total. The van der Waals surface area contributed by atoms with Crippen LogP contribution in [0.2, 0.25) is 0 Å². The number of esters is 1. The summed E-state index contributed by atoms with van der Waals surface area (Å²) in [6.45, 7) is 1.95. The molecule has 0 unspecified atom stereocenters. The first-order chi connectivity index (χ1) is 11.6. The number of carbonyl (C=O) groups excluding carboxylic acids is 1. The number of aryl methyl sites for hydroxylation is 1. The molecule has 3 nitrogen and oxygen atoms in total. The first kappa shape index (κ1) is 16.0. The van der Waals surface area contributed by atoms with Crippen LogP contribution >= 0.6 is 0 Å². The van der Waals surface area contributed by atoms with Crippen LogP contribution in [0.15, 0.2) is 48.0 Å². The molecule has 3 rings (SSSR count). The smallest absolute Gasteiger partial charge is 0.334 e. The Bertz CT molecular complexity index is 833. The molecule has 0 heterocycles. The lowest BCUT2D eigenvalue weighted by Gasteiger charge is -2.14. The highest BCUT2D eigenvalue weighted by atomic mass is 16.5. The number of ether oxygens (including phenoxy) is 1. The standard InChI is InChI=1S/C21H19NO2/c1-14-6-5-9-17(13-22)19(14)12-20(21(23)24-2)18-10-15-7-3-4-8-16(15)11-18/h3-9,12,18H,10-11H2,1-2H3. The predicted molar refractivity (Wildman–Crippen MR) is 93.2 cm³/mol. The summed E-state index contributed by atoms with van der Waals surface area (Å²) >= 11 is 0. The van der Waals surface area contributed by atoms with Gasteiger partial charge in [-0.2, -0.15) is 5.26 Å². The lowest BCUT2D eigenvalue weighted by atomic mass is 9.91. The summed E-state index contributed by atoms with van der Waals surface area (Å²) in [5.41, 5.74) is 5.55. The maximum Gasteiger partial charge on any atom is 0.334 e. The number of nitriles is 1. The second kappa shape index (κ2) is 6.72. The van der Waals surface area contributed by atoms with Crippen LogP contribution in [0, 0.1) is 24.2 Å². The number of carbonyl (C=O) groups is 1. The van der Waals surface area contributed by atoms with Crippen LogP contribution in [0.1, 0.15) is 27.8 Å². The highest BCUT2D eigenvalue weighted by Gasteiger charge is 2.29. The summed E-state index contributed by atoms with van der Waals surface area (Å²) < 4.78 is 5.02. The maximum atomic E-state index is 12.4. The molecule has 0 bridgehead atoms. The molecular weight excluding hydrogens is 298 g/mol. The Morgan fingerprint density at radius 1 is 1.17 bits per heavy atom. The second-order valence-electron chi connectivity index (χ2n) is 6.11. The monoisotopic (exact) mass is 317 g/mol. The molecule has 0 aliphatic heterocycles. The van der Waals surface area contributed by atoms with Gasteiger partial charge in [0.2, 0.25) is 0 Å². The molecule has 120 valence electrons. The Kier molecular flexibility index (Phi) is 4.48. The zero-order valence-corrected chi connectivity index (χ0v) is 13.9. The summed E-state index contributed by atoms with van der Waals surface area (Å²) in [7, 11) is 1.40. The van der Waals surface area contributed by atoms with E-state index in [1.807, 2.05) is 37.3 Å². The second-order valence-corrected chi connectivity index (χ2v) is 6.11. The third kappa shape index (κ3) is 2.96. The quantitative estimate of drug-likeness (QED) is 0.638. The highest BCUT2D eigenvalue weighted by Crippen LogP contribution is 2.33. The first-order valence-corrected chi connectivity index (χ1v) is 8.00. The fourth-order valence-electron chi connectivity index (χ4n) is 3.37. The molecule has 0 fully saturated rings. The van der Waals surface area contributed by atoms with Gasteiger partial charge in [0.05, 0.1) is 18.7 Å². The van der Waals surface area contributed by atoms with E-state index in [0.29, 0.717) is 11.1 Å². The summed E-state index contributed by atoms with van der Waals surface area (Å²) in [5.74, 6) is -0.235. The zero-order valence-electron chi connectivity index (χ0n) is 13.9. The van der Waals surface area contributed by atoms with Crippen LogP contribution in [0.25, 0.3) is 6.08 Å². The lowest BCUT2D eigenvalue weighted by molar-refractivity contribution is -0.136. The number of rotatable bonds is 3. The van der Waals surface area contributed by atoms with Crippen molar-refractivity contribution in [2.75, 3.05) is 7.11 Å². The molecule has 24 heavy (non-hydrogen) atoms. The van der Waals surface area contributed by atoms with Crippen molar-refractivity contribution >= 4 is 12.0 Å². The van der Waals surface area contributed by atoms with Crippen molar-refractivity contribution in [3.05, 3.63) is 75.9 Å². The molecule has 2 aromatic carbocycles. The molecule has 2 aromatic rings. The van der Waals surface area contributed by atoms with Gasteiger partial charge >= 0.3 is 5.97 Å². The largest absolute Gasteiger partial charge is 0.466 e. The number of hydrogen-bond acceptors (Lipinski definition) is 3. The number of fused-ring (bicyclic) bond motifs is 1. The van der Waals surface area contributed by atoms with E-state index in [1.54, 1.807) is 6.07 Å². The molecule has 1 aliphatic rings. The molecule has 1 aliphatic carbocycles. The lowest BCUT2D eigenvalue weighted by Crippen LogP contribution is -2.15. The van der Waals surface area contributed by atoms with E-state index in [2.05, 4.69) is 18.2 Å². The van der Waals surface area contributed by atoms with Gasteiger partial charge < -0.3 is 4.74 Å². The van der Waals surface area contributed by atoms with Crippen LogP contribution in [-0.4, -0.2) is 13.1 Å². The molecule has 0 aromatic heterocycles. The van der Waals surface area contributed by atoms with E-state index in [-0.39, 0.29) is 11.9 Å². The number of methoxy groups -OCH3 is 1. The van der Waals surface area contributed by atoms with Gasteiger partial charge in [0.1, 0.15) is 0 Å². The number of nitrogens with zero attached hydrogens (tertiary/aromatic N) is 1. The summed E-state index contributed by atoms with van der Waals surface area (Å²) in [6.07, 6.45) is 3.49. The van der Waals surface area contributed by atoms with Gasteiger partial charge in [0.25, 0.3) is 0 Å². The maximum absolute atomic E-state index is 12.4. The Labute approximate surface area is 142 Å². The average Bonchev–Trinajstić information content (AvgIpc) is 3.03. The van der Waals surface area contributed by atoms with Crippen molar-refractivity contribution in [3.63, 3.8) is 0 Å². The molecular formula is C21H19NO2. The minimum Gasteiger partial charge on any atom is -0.466 e. The van der Waals surface area contributed by atoms with Crippen LogP contribution in [-0.2, 0) is 22.4 Å². The van der Waals surface area contributed by atoms with E-state index < -0.39 is 0 Å². The highest BCUT2D eigenvalue weighted by molar-refractivity contribution is 5.95. The van der Waals surface area contributed by atoms with Crippen LogP contribution in [0.3, 0.4) is 0 Å². The number of hydrogen-bond donors (Lipinski definition) is 0. The van der Waals surface area contributed by atoms with E-state index in [1.165, 1.54) is 18.2 Å². The Morgan fingerprint density at radius 2 is 1.83 bits per heavy atom. The van der Waals surface area contributed by atoms with Gasteiger partial charge in [0, 0.05) is 5.57 Å². The first-order valence-electron chi connectivity index (χ1n) is 8.00. The summed E-state index contributed by atoms with van der Waals surface area (Å²) in [6, 6.07) is 16.1. The third-order valence-electron chi connectivity index (χ3n) is 4.66. The average molecular weight is 317 g/mol. The zero-order chi connectivity index (χ0) is 17.1. The van der Waals surface area contributed by atoms with Crippen LogP contribution in [0.4, 0.5) is 0 Å². The normalized spacial score (nSPS) is 14.1. The van der Waals surface area contributed by atoms with Crippen LogP contribution in [0.5, 0.6) is 0 Å². The van der Waals surface area contributed by atoms with Crippen molar-refractivity contribution in [3.8, 4) is 6.07 Å². The molecule has 0 amide bonds. The fraction of sp³-hybridized carbons (Fsp3) is 0.238. The van der Waals surface area contributed by atoms with Gasteiger partial charge in [0.15, 0.2) is 0 Å². The predicted octanol–water partition coefficient (Wildman–Crippen LogP) is 3.84. The SMILES string of the molecule is COC(=O)C(=Cc1c(C)cccc1C#N)C1Cc2ccccc2C1. The van der Waals surface area contributed by atoms with Crippen molar-refractivity contribution in [2.45, 2.75) is 19.8 Å².